The maximum Gasteiger partial charge on any atom is 0.126 e. The largest absolute Gasteiger partial charge is 0.314 e. The lowest BCUT2D eigenvalue weighted by atomic mass is 10.0. The quantitative estimate of drug-likeness (QED) is 0.933. The van der Waals surface area contributed by atoms with Crippen molar-refractivity contribution >= 4 is 0 Å². The van der Waals surface area contributed by atoms with Crippen molar-refractivity contribution in [1.82, 2.24) is 10.2 Å². The molecule has 0 radical (unpaired) electrons. The molecular formula is C17H18F2N2. The standard InChI is InChI=1S/C17H18F2N2/c18-15-8-13(9-16(19)10-15)12-21-7-6-20-11-17(21)14-4-2-1-3-5-14/h1-5,8-10,17,20H,6-7,11-12H2. The summed E-state index contributed by atoms with van der Waals surface area (Å²) in [5.74, 6) is -1.03. The van der Waals surface area contributed by atoms with Gasteiger partial charge >= 0.3 is 0 Å². The lowest BCUT2D eigenvalue weighted by Gasteiger charge is -2.36. The molecule has 1 heterocycles. The van der Waals surface area contributed by atoms with Crippen molar-refractivity contribution in [2.24, 2.45) is 0 Å². The molecule has 1 aliphatic heterocycles. The molecule has 2 aromatic carbocycles. The topological polar surface area (TPSA) is 15.3 Å². The minimum atomic E-state index is -0.517. The maximum atomic E-state index is 13.3. The van der Waals surface area contributed by atoms with Crippen LogP contribution in [0.4, 0.5) is 8.78 Å². The van der Waals surface area contributed by atoms with Crippen molar-refractivity contribution in [3.8, 4) is 0 Å². The Morgan fingerprint density at radius 2 is 1.76 bits per heavy atom. The van der Waals surface area contributed by atoms with Crippen LogP contribution < -0.4 is 5.32 Å². The number of rotatable bonds is 3. The number of benzene rings is 2. The zero-order valence-electron chi connectivity index (χ0n) is 11.7. The van der Waals surface area contributed by atoms with Gasteiger partial charge in [-0.25, -0.2) is 8.78 Å². The second-order valence-corrected chi connectivity index (χ2v) is 5.38. The zero-order chi connectivity index (χ0) is 14.7. The summed E-state index contributed by atoms with van der Waals surface area (Å²) in [6.07, 6.45) is 0. The van der Waals surface area contributed by atoms with Gasteiger partial charge in [0.1, 0.15) is 11.6 Å². The van der Waals surface area contributed by atoms with Crippen LogP contribution in [0.2, 0.25) is 0 Å². The Morgan fingerprint density at radius 3 is 2.48 bits per heavy atom. The molecule has 2 nitrogen and oxygen atoms in total. The summed E-state index contributed by atoms with van der Waals surface area (Å²) < 4.78 is 26.7. The third-order valence-corrected chi connectivity index (χ3v) is 3.85. The van der Waals surface area contributed by atoms with E-state index in [1.54, 1.807) is 0 Å². The van der Waals surface area contributed by atoms with Crippen LogP contribution in [-0.4, -0.2) is 24.5 Å². The summed E-state index contributed by atoms with van der Waals surface area (Å²) in [5, 5.41) is 3.38. The number of halogens is 2. The molecule has 0 aromatic heterocycles. The summed E-state index contributed by atoms with van der Waals surface area (Å²) in [4.78, 5) is 2.26. The van der Waals surface area contributed by atoms with E-state index in [0.717, 1.165) is 25.7 Å². The molecule has 1 unspecified atom stereocenters. The Bertz CT molecular complexity index is 581. The van der Waals surface area contributed by atoms with Gasteiger partial charge in [-0.3, -0.25) is 4.90 Å². The van der Waals surface area contributed by atoms with Gasteiger partial charge in [-0.05, 0) is 23.3 Å². The smallest absolute Gasteiger partial charge is 0.126 e. The fourth-order valence-electron chi connectivity index (χ4n) is 2.88. The number of piperazine rings is 1. The molecule has 0 saturated carbocycles. The van der Waals surface area contributed by atoms with E-state index >= 15 is 0 Å². The first-order valence-electron chi connectivity index (χ1n) is 7.17. The second kappa shape index (κ2) is 6.33. The van der Waals surface area contributed by atoms with Crippen molar-refractivity contribution < 1.29 is 8.78 Å². The first-order valence-corrected chi connectivity index (χ1v) is 7.17. The molecule has 2 aromatic rings. The van der Waals surface area contributed by atoms with E-state index in [1.807, 2.05) is 18.2 Å². The average Bonchev–Trinajstić information content (AvgIpc) is 2.48. The zero-order valence-corrected chi connectivity index (χ0v) is 11.7. The highest BCUT2D eigenvalue weighted by Gasteiger charge is 2.23. The SMILES string of the molecule is Fc1cc(F)cc(CN2CCNCC2c2ccccc2)c1. The molecule has 21 heavy (non-hydrogen) atoms. The molecule has 110 valence electrons. The fraction of sp³-hybridized carbons (Fsp3) is 0.294. The van der Waals surface area contributed by atoms with Crippen LogP contribution in [0, 0.1) is 11.6 Å². The minimum Gasteiger partial charge on any atom is -0.314 e. The third kappa shape index (κ3) is 3.46. The van der Waals surface area contributed by atoms with Crippen molar-refractivity contribution in [1.29, 1.82) is 0 Å². The lowest BCUT2D eigenvalue weighted by Crippen LogP contribution is -2.45. The number of hydrogen-bond donors (Lipinski definition) is 1. The van der Waals surface area contributed by atoms with Gasteiger partial charge in [0.05, 0.1) is 0 Å². The predicted octanol–water partition coefficient (Wildman–Crippen LogP) is 3.11. The van der Waals surface area contributed by atoms with Gasteiger partial charge in [0.25, 0.3) is 0 Å². The fourth-order valence-corrected chi connectivity index (χ4v) is 2.88. The Hall–Kier alpha value is -1.78. The third-order valence-electron chi connectivity index (χ3n) is 3.85. The van der Waals surface area contributed by atoms with E-state index < -0.39 is 11.6 Å². The number of nitrogens with one attached hydrogen (secondary N) is 1. The predicted molar refractivity (Wildman–Crippen MR) is 78.8 cm³/mol. The van der Waals surface area contributed by atoms with Gasteiger partial charge in [0.15, 0.2) is 0 Å². The van der Waals surface area contributed by atoms with Crippen LogP contribution in [0.1, 0.15) is 17.2 Å². The van der Waals surface area contributed by atoms with E-state index in [-0.39, 0.29) is 6.04 Å². The molecule has 0 spiro atoms. The van der Waals surface area contributed by atoms with Crippen LogP contribution in [-0.2, 0) is 6.54 Å². The summed E-state index contributed by atoms with van der Waals surface area (Å²) in [6, 6.07) is 14.2. The van der Waals surface area contributed by atoms with Crippen LogP contribution in [0.15, 0.2) is 48.5 Å². The molecule has 1 aliphatic rings. The average molecular weight is 288 g/mol. The van der Waals surface area contributed by atoms with Gasteiger partial charge in [0.2, 0.25) is 0 Å². The number of nitrogens with zero attached hydrogens (tertiary/aromatic N) is 1. The molecule has 0 bridgehead atoms. The van der Waals surface area contributed by atoms with Crippen LogP contribution in [0.25, 0.3) is 0 Å². The second-order valence-electron chi connectivity index (χ2n) is 5.38. The molecule has 4 heteroatoms. The number of hydrogen-bond acceptors (Lipinski definition) is 2. The van der Waals surface area contributed by atoms with E-state index in [0.29, 0.717) is 12.1 Å². The monoisotopic (exact) mass is 288 g/mol. The maximum absolute atomic E-state index is 13.3. The van der Waals surface area contributed by atoms with Crippen LogP contribution in [0.3, 0.4) is 0 Å². The Labute approximate surface area is 123 Å². The van der Waals surface area contributed by atoms with Crippen molar-refractivity contribution in [3.05, 3.63) is 71.3 Å². The van der Waals surface area contributed by atoms with Gasteiger partial charge in [-0.2, -0.15) is 0 Å². The molecule has 1 saturated heterocycles. The molecule has 0 aliphatic carbocycles. The molecule has 1 atom stereocenters. The highest BCUT2D eigenvalue weighted by molar-refractivity contribution is 5.22. The first-order chi connectivity index (χ1) is 10.2. The Morgan fingerprint density at radius 1 is 1.05 bits per heavy atom. The summed E-state index contributed by atoms with van der Waals surface area (Å²) in [5.41, 5.74) is 1.90. The highest BCUT2D eigenvalue weighted by atomic mass is 19.1. The lowest BCUT2D eigenvalue weighted by molar-refractivity contribution is 0.153. The Kier molecular flexibility index (Phi) is 4.27. The van der Waals surface area contributed by atoms with E-state index in [1.165, 1.54) is 17.7 Å². The van der Waals surface area contributed by atoms with Gasteiger partial charge in [0, 0.05) is 38.3 Å². The molecule has 1 fully saturated rings. The van der Waals surface area contributed by atoms with Crippen molar-refractivity contribution in [2.45, 2.75) is 12.6 Å². The summed E-state index contributed by atoms with van der Waals surface area (Å²) in [6.45, 7) is 3.15. The normalized spacial score (nSPS) is 19.6. The summed E-state index contributed by atoms with van der Waals surface area (Å²) in [7, 11) is 0. The van der Waals surface area contributed by atoms with E-state index in [2.05, 4.69) is 22.3 Å². The van der Waals surface area contributed by atoms with Crippen molar-refractivity contribution in [2.75, 3.05) is 19.6 Å². The van der Waals surface area contributed by atoms with Crippen LogP contribution in [0.5, 0.6) is 0 Å². The van der Waals surface area contributed by atoms with Gasteiger partial charge in [-0.1, -0.05) is 30.3 Å². The van der Waals surface area contributed by atoms with Crippen molar-refractivity contribution in [3.63, 3.8) is 0 Å². The van der Waals surface area contributed by atoms with Gasteiger partial charge in [-0.15, -0.1) is 0 Å². The summed E-state index contributed by atoms with van der Waals surface area (Å²) >= 11 is 0. The van der Waals surface area contributed by atoms with Gasteiger partial charge < -0.3 is 5.32 Å². The molecular weight excluding hydrogens is 270 g/mol. The minimum absolute atomic E-state index is 0.228. The first kappa shape index (κ1) is 14.2. The van der Waals surface area contributed by atoms with E-state index in [4.69, 9.17) is 0 Å². The Balaban J connectivity index is 1.81. The highest BCUT2D eigenvalue weighted by Crippen LogP contribution is 2.24. The molecule has 3 rings (SSSR count). The van der Waals surface area contributed by atoms with Crippen LogP contribution >= 0.6 is 0 Å². The van der Waals surface area contributed by atoms with E-state index in [9.17, 15) is 8.78 Å². The molecule has 0 amide bonds. The molecule has 1 N–H and O–H groups in total.